The fourth-order valence-corrected chi connectivity index (χ4v) is 5.66. The average Bonchev–Trinajstić information content (AvgIpc) is 3.44. The Labute approximate surface area is 189 Å². The number of pyridine rings is 1. The van der Waals surface area contributed by atoms with E-state index in [0.717, 1.165) is 49.3 Å². The van der Waals surface area contributed by atoms with Crippen LogP contribution in [0.3, 0.4) is 0 Å². The number of thiophene rings is 1. The number of hydrogen-bond donors (Lipinski definition) is 1. The molecule has 1 N–H and O–H groups in total. The van der Waals surface area contributed by atoms with Crippen molar-refractivity contribution in [1.82, 2.24) is 19.4 Å². The first-order valence-electron chi connectivity index (χ1n) is 11.0. The molecule has 5 rings (SSSR count). The summed E-state index contributed by atoms with van der Waals surface area (Å²) in [7, 11) is 1.70. The summed E-state index contributed by atoms with van der Waals surface area (Å²) in [5.41, 5.74) is 2.00. The van der Waals surface area contributed by atoms with Crippen molar-refractivity contribution in [3.05, 3.63) is 69.0 Å². The molecule has 0 bridgehead atoms. The predicted octanol–water partition coefficient (Wildman–Crippen LogP) is 3.58. The maximum absolute atomic E-state index is 12.9. The van der Waals surface area contributed by atoms with Gasteiger partial charge in [-0.3, -0.25) is 14.3 Å². The first kappa shape index (κ1) is 20.9. The van der Waals surface area contributed by atoms with Crippen LogP contribution in [-0.4, -0.2) is 46.2 Å². The average molecular weight is 451 g/mol. The molecule has 166 valence electrons. The molecular formula is C24H26N4O3S. The molecule has 1 aromatic carbocycles. The second-order valence-electron chi connectivity index (χ2n) is 8.31. The van der Waals surface area contributed by atoms with E-state index < -0.39 is 0 Å². The van der Waals surface area contributed by atoms with E-state index in [1.165, 1.54) is 21.5 Å². The van der Waals surface area contributed by atoms with E-state index in [0.29, 0.717) is 28.2 Å². The molecule has 3 aromatic heterocycles. The van der Waals surface area contributed by atoms with Crippen LogP contribution in [0, 0.1) is 0 Å². The fraction of sp³-hybridized carbons (Fsp3) is 0.375. The Hall–Kier alpha value is -2.97. The van der Waals surface area contributed by atoms with Gasteiger partial charge >= 0.3 is 5.69 Å². The Kier molecular flexibility index (Phi) is 5.80. The van der Waals surface area contributed by atoms with Gasteiger partial charge in [0.05, 0.1) is 17.3 Å². The molecule has 1 atom stereocenters. The van der Waals surface area contributed by atoms with Gasteiger partial charge in [-0.2, -0.15) is 0 Å². The van der Waals surface area contributed by atoms with Gasteiger partial charge in [-0.25, -0.2) is 4.79 Å². The number of aromatic amines is 1. The van der Waals surface area contributed by atoms with E-state index in [2.05, 4.69) is 33.1 Å². The Bertz CT molecular complexity index is 1370. The summed E-state index contributed by atoms with van der Waals surface area (Å²) in [6, 6.07) is 12.1. The van der Waals surface area contributed by atoms with Crippen LogP contribution in [0.2, 0.25) is 0 Å². The van der Waals surface area contributed by atoms with Crippen LogP contribution in [0.4, 0.5) is 0 Å². The number of nitrogens with one attached hydrogen (secondary N) is 1. The molecule has 1 aliphatic heterocycles. The Morgan fingerprint density at radius 1 is 1.19 bits per heavy atom. The SMILES string of the molecule is COc1cccc([C@H]2CCN(CCCCn3c(=O)[nH]c4c(sc5cccnc54)c3=O)C2)c1. The highest BCUT2D eigenvalue weighted by atomic mass is 32.1. The number of rotatable bonds is 7. The molecule has 7 nitrogen and oxygen atoms in total. The van der Waals surface area contributed by atoms with Crippen molar-refractivity contribution in [3.8, 4) is 5.75 Å². The number of nitrogens with zero attached hydrogens (tertiary/aromatic N) is 3. The van der Waals surface area contributed by atoms with Crippen LogP contribution in [-0.2, 0) is 6.54 Å². The number of likely N-dealkylation sites (tertiary alicyclic amines) is 1. The van der Waals surface area contributed by atoms with E-state index in [-0.39, 0.29) is 11.2 Å². The smallest absolute Gasteiger partial charge is 0.328 e. The Morgan fingerprint density at radius 2 is 2.06 bits per heavy atom. The lowest BCUT2D eigenvalue weighted by molar-refractivity contribution is 0.321. The highest BCUT2D eigenvalue weighted by Gasteiger charge is 2.23. The lowest BCUT2D eigenvalue weighted by Crippen LogP contribution is -2.34. The third-order valence-corrected chi connectivity index (χ3v) is 7.44. The minimum atomic E-state index is -0.355. The number of aromatic nitrogens is 3. The second kappa shape index (κ2) is 8.88. The fourth-order valence-electron chi connectivity index (χ4n) is 4.60. The van der Waals surface area contributed by atoms with Gasteiger partial charge in [0.1, 0.15) is 16.0 Å². The van der Waals surface area contributed by atoms with Crippen LogP contribution >= 0.6 is 11.3 Å². The third-order valence-electron chi connectivity index (χ3n) is 6.31. The molecule has 1 saturated heterocycles. The van der Waals surface area contributed by atoms with Crippen molar-refractivity contribution in [1.29, 1.82) is 0 Å². The highest BCUT2D eigenvalue weighted by molar-refractivity contribution is 7.25. The Morgan fingerprint density at radius 3 is 2.94 bits per heavy atom. The summed E-state index contributed by atoms with van der Waals surface area (Å²) in [4.78, 5) is 35.1. The van der Waals surface area contributed by atoms with Gasteiger partial charge in [0.2, 0.25) is 0 Å². The number of benzene rings is 1. The number of ether oxygens (including phenoxy) is 1. The van der Waals surface area contributed by atoms with Gasteiger partial charge in [-0.05, 0) is 68.1 Å². The number of H-pyrrole nitrogens is 1. The van der Waals surface area contributed by atoms with Crippen LogP contribution in [0.5, 0.6) is 5.75 Å². The molecule has 0 spiro atoms. The van der Waals surface area contributed by atoms with Gasteiger partial charge < -0.3 is 14.6 Å². The van der Waals surface area contributed by atoms with E-state index in [9.17, 15) is 9.59 Å². The summed E-state index contributed by atoms with van der Waals surface area (Å²) in [5.74, 6) is 1.43. The quantitative estimate of drug-likeness (QED) is 0.436. The van der Waals surface area contributed by atoms with E-state index in [4.69, 9.17) is 4.74 Å². The van der Waals surface area contributed by atoms with E-state index in [1.54, 1.807) is 13.3 Å². The van der Waals surface area contributed by atoms with E-state index in [1.807, 2.05) is 18.2 Å². The van der Waals surface area contributed by atoms with Crippen molar-refractivity contribution in [2.45, 2.75) is 31.7 Å². The minimum Gasteiger partial charge on any atom is -0.497 e. The van der Waals surface area contributed by atoms with Crippen LogP contribution in [0.15, 0.2) is 52.2 Å². The first-order valence-corrected chi connectivity index (χ1v) is 11.8. The topological polar surface area (TPSA) is 80.2 Å². The summed E-state index contributed by atoms with van der Waals surface area (Å²) >= 11 is 1.39. The molecule has 4 aromatic rings. The minimum absolute atomic E-state index is 0.217. The molecule has 0 aliphatic carbocycles. The summed E-state index contributed by atoms with van der Waals surface area (Å²) in [5, 5.41) is 0. The molecule has 4 heterocycles. The first-order chi connectivity index (χ1) is 15.6. The van der Waals surface area contributed by atoms with Gasteiger partial charge in [-0.1, -0.05) is 12.1 Å². The molecule has 0 amide bonds. The zero-order valence-corrected chi connectivity index (χ0v) is 18.9. The van der Waals surface area contributed by atoms with Crippen LogP contribution < -0.4 is 16.0 Å². The van der Waals surface area contributed by atoms with Crippen molar-refractivity contribution >= 4 is 31.8 Å². The van der Waals surface area contributed by atoms with Gasteiger partial charge in [0.25, 0.3) is 5.56 Å². The second-order valence-corrected chi connectivity index (χ2v) is 9.37. The molecule has 32 heavy (non-hydrogen) atoms. The number of fused-ring (bicyclic) bond motifs is 3. The number of unbranched alkanes of at least 4 members (excludes halogenated alkanes) is 1. The highest BCUT2D eigenvalue weighted by Crippen LogP contribution is 2.30. The summed E-state index contributed by atoms with van der Waals surface area (Å²) in [6.07, 6.45) is 4.55. The molecular weight excluding hydrogens is 424 g/mol. The van der Waals surface area contributed by atoms with Gasteiger partial charge in [-0.15, -0.1) is 11.3 Å². The van der Waals surface area contributed by atoms with Gasteiger partial charge in [0.15, 0.2) is 0 Å². The van der Waals surface area contributed by atoms with Gasteiger partial charge in [0, 0.05) is 19.3 Å². The number of methoxy groups -OCH3 is 1. The standard InChI is InChI=1S/C24H26N4O3S/c1-31-18-7-4-6-16(14-18)17-9-13-27(15-17)11-2-3-12-28-23(29)22-21(26-24(28)30)20-19(32-22)8-5-10-25-20/h4-8,10,14,17H,2-3,9,11-13,15H2,1H3,(H,26,30)/t17-/m0/s1. The van der Waals surface area contributed by atoms with Crippen LogP contribution in [0.1, 0.15) is 30.7 Å². The third kappa shape index (κ3) is 3.96. The van der Waals surface area contributed by atoms with Crippen molar-refractivity contribution in [2.24, 2.45) is 0 Å². The molecule has 1 fully saturated rings. The lowest BCUT2D eigenvalue weighted by atomic mass is 9.98. The predicted molar refractivity (Wildman–Crippen MR) is 128 cm³/mol. The molecule has 0 unspecified atom stereocenters. The number of hydrogen-bond acceptors (Lipinski definition) is 6. The van der Waals surface area contributed by atoms with Crippen molar-refractivity contribution in [2.75, 3.05) is 26.7 Å². The van der Waals surface area contributed by atoms with Crippen molar-refractivity contribution in [3.63, 3.8) is 0 Å². The molecule has 0 radical (unpaired) electrons. The van der Waals surface area contributed by atoms with E-state index >= 15 is 0 Å². The maximum atomic E-state index is 12.9. The zero-order chi connectivity index (χ0) is 22.1. The summed E-state index contributed by atoms with van der Waals surface area (Å²) < 4.78 is 8.17. The summed E-state index contributed by atoms with van der Waals surface area (Å²) in [6.45, 7) is 3.51. The van der Waals surface area contributed by atoms with Crippen molar-refractivity contribution < 1.29 is 4.74 Å². The molecule has 1 aliphatic rings. The van der Waals surface area contributed by atoms with Crippen LogP contribution in [0.25, 0.3) is 20.4 Å². The zero-order valence-electron chi connectivity index (χ0n) is 18.0. The molecule has 8 heteroatoms. The largest absolute Gasteiger partial charge is 0.497 e. The molecule has 0 saturated carbocycles. The lowest BCUT2D eigenvalue weighted by Gasteiger charge is -2.16. The monoisotopic (exact) mass is 450 g/mol. The normalized spacial score (nSPS) is 16.8. The maximum Gasteiger partial charge on any atom is 0.328 e. The Balaban J connectivity index is 1.20.